The van der Waals surface area contributed by atoms with Crippen molar-refractivity contribution in [3.63, 3.8) is 0 Å². The molecule has 10 nitrogen and oxygen atoms in total. The maximum Gasteiger partial charge on any atom is 0.246 e. The number of carbonyl (C=O) groups excluding carboxylic acids is 2. The Hall–Kier alpha value is -3.28. The van der Waals surface area contributed by atoms with E-state index in [-0.39, 0.29) is 17.9 Å². The molecule has 0 radical (unpaired) electrons. The summed E-state index contributed by atoms with van der Waals surface area (Å²) in [6.07, 6.45) is 0.206. The molecule has 0 aliphatic carbocycles. The van der Waals surface area contributed by atoms with E-state index in [0.29, 0.717) is 44.8 Å². The summed E-state index contributed by atoms with van der Waals surface area (Å²) in [4.78, 5) is 27.2. The molecule has 41 heavy (non-hydrogen) atoms. The second-order valence-corrected chi connectivity index (χ2v) is 10.5. The molecule has 0 aromatic heterocycles. The van der Waals surface area contributed by atoms with E-state index in [9.17, 15) is 24.9 Å². The zero-order chi connectivity index (χ0) is 29.2. The fraction of sp³-hybridized carbons (Fsp3) is 0.484. The van der Waals surface area contributed by atoms with Crippen LogP contribution in [0.2, 0.25) is 0 Å². The smallest absolute Gasteiger partial charge is 0.246 e. The van der Waals surface area contributed by atoms with Crippen LogP contribution in [-0.4, -0.2) is 88.9 Å². The average molecular weight is 568 g/mol. The molecule has 2 aromatic carbocycles. The molecule has 4 rings (SSSR count). The highest BCUT2D eigenvalue weighted by molar-refractivity contribution is 5.91. The minimum atomic E-state index is -1.39. The molecule has 2 amide bonds. The Morgan fingerprint density at radius 2 is 1.71 bits per heavy atom. The van der Waals surface area contributed by atoms with Crippen molar-refractivity contribution in [3.05, 3.63) is 71.8 Å². The van der Waals surface area contributed by atoms with E-state index in [2.05, 4.69) is 10.6 Å². The van der Waals surface area contributed by atoms with Gasteiger partial charge in [0, 0.05) is 44.7 Å². The highest BCUT2D eigenvalue weighted by Gasteiger charge is 2.43. The summed E-state index contributed by atoms with van der Waals surface area (Å²) in [5.41, 5.74) is 1.95. The predicted octanol–water partition coefficient (Wildman–Crippen LogP) is 1.76. The maximum atomic E-state index is 13.0. The lowest BCUT2D eigenvalue weighted by molar-refractivity contribution is -0.268. The Morgan fingerprint density at radius 3 is 2.46 bits per heavy atom. The van der Waals surface area contributed by atoms with Gasteiger partial charge in [0.25, 0.3) is 0 Å². The highest BCUT2D eigenvalue weighted by atomic mass is 16.7. The van der Waals surface area contributed by atoms with Crippen molar-refractivity contribution in [2.24, 2.45) is 0 Å². The Morgan fingerprint density at radius 1 is 0.976 bits per heavy atom. The van der Waals surface area contributed by atoms with Gasteiger partial charge in [0.2, 0.25) is 18.1 Å². The molecule has 2 aliphatic rings. The molecule has 2 aliphatic heterocycles. The van der Waals surface area contributed by atoms with Crippen molar-refractivity contribution in [2.75, 3.05) is 26.2 Å². The van der Waals surface area contributed by atoms with Crippen LogP contribution in [0.3, 0.4) is 0 Å². The van der Waals surface area contributed by atoms with E-state index in [0.717, 1.165) is 24.0 Å². The largest absolute Gasteiger partial charge is 0.462 e. The zero-order valence-electron chi connectivity index (χ0n) is 23.4. The number of hydrogen-bond acceptors (Lipinski definition) is 8. The molecule has 0 spiro atoms. The van der Waals surface area contributed by atoms with Gasteiger partial charge in [-0.3, -0.25) is 9.59 Å². The first kappa shape index (κ1) is 30.7. The van der Waals surface area contributed by atoms with Crippen LogP contribution >= 0.6 is 0 Å². The first-order valence-corrected chi connectivity index (χ1v) is 14.3. The van der Waals surface area contributed by atoms with Gasteiger partial charge in [0.05, 0.1) is 6.10 Å². The predicted molar refractivity (Wildman–Crippen MR) is 154 cm³/mol. The van der Waals surface area contributed by atoms with E-state index in [1.165, 1.54) is 0 Å². The van der Waals surface area contributed by atoms with Crippen LogP contribution in [0.5, 0.6) is 5.75 Å². The van der Waals surface area contributed by atoms with Crippen LogP contribution < -0.4 is 15.4 Å². The SMILES string of the molecule is C[C@H]1O[C@@H](Oc2ccc([C@H]3CCCN(C(=O)/C=C\c4ccccc4)CCCNC(=O)CCN3)cc2)[C@@H](O)[C@@H](O)[C@@H]1O. The second-order valence-electron chi connectivity index (χ2n) is 10.5. The number of hydrogen-bond donors (Lipinski definition) is 5. The Kier molecular flexibility index (Phi) is 11.3. The van der Waals surface area contributed by atoms with Crippen molar-refractivity contribution >= 4 is 17.9 Å². The lowest BCUT2D eigenvalue weighted by atomic mass is 10.00. The normalized spacial score (nSPS) is 28.7. The Labute approximate surface area is 241 Å². The van der Waals surface area contributed by atoms with Gasteiger partial charge < -0.3 is 40.3 Å². The first-order valence-electron chi connectivity index (χ1n) is 14.3. The lowest BCUT2D eigenvalue weighted by Gasteiger charge is -2.38. The number of aliphatic hydroxyl groups is 3. The standard InChI is InChI=1S/C31H41N3O7/c1-21-28(37)29(38)30(39)31(40-21)41-24-13-11-23(12-14-24)25-9-5-19-34(20-6-17-33-26(35)16-18-32-25)27(36)15-10-22-7-3-2-4-8-22/h2-4,7-8,10-15,21,25,28-32,37-39H,5-6,9,16-20H2,1H3,(H,33,35)/b15-10-/t21-,25-,28-,29+,30+,31+/m1/s1. The number of ether oxygens (including phenoxy) is 2. The summed E-state index contributed by atoms with van der Waals surface area (Å²) < 4.78 is 11.3. The molecule has 2 aromatic rings. The van der Waals surface area contributed by atoms with Crippen LogP contribution in [0, 0.1) is 0 Å². The Balaban J connectivity index is 1.40. The van der Waals surface area contributed by atoms with Crippen molar-refractivity contribution in [1.29, 1.82) is 0 Å². The molecule has 10 heteroatoms. The molecule has 6 atom stereocenters. The number of carbonyl (C=O) groups is 2. The number of rotatable bonds is 5. The maximum absolute atomic E-state index is 13.0. The van der Waals surface area contributed by atoms with Crippen LogP contribution in [0.25, 0.3) is 6.08 Å². The van der Waals surface area contributed by atoms with Gasteiger partial charge in [0.1, 0.15) is 24.1 Å². The van der Waals surface area contributed by atoms with E-state index in [4.69, 9.17) is 9.47 Å². The van der Waals surface area contributed by atoms with Crippen molar-refractivity contribution < 1.29 is 34.4 Å². The number of nitrogens with zero attached hydrogens (tertiary/aromatic N) is 1. The zero-order valence-corrected chi connectivity index (χ0v) is 23.4. The fourth-order valence-corrected chi connectivity index (χ4v) is 5.01. The molecule has 2 heterocycles. The molecular formula is C31H41N3O7. The molecular weight excluding hydrogens is 526 g/mol. The van der Waals surface area contributed by atoms with E-state index in [1.807, 2.05) is 53.4 Å². The summed E-state index contributed by atoms with van der Waals surface area (Å²) in [7, 11) is 0. The minimum Gasteiger partial charge on any atom is -0.462 e. The summed E-state index contributed by atoms with van der Waals surface area (Å²) in [5, 5.41) is 36.6. The van der Waals surface area contributed by atoms with Gasteiger partial charge in [-0.25, -0.2) is 0 Å². The number of benzene rings is 2. The van der Waals surface area contributed by atoms with Crippen molar-refractivity contribution in [1.82, 2.24) is 15.5 Å². The monoisotopic (exact) mass is 567 g/mol. The van der Waals surface area contributed by atoms with Crippen LogP contribution in [-0.2, 0) is 14.3 Å². The van der Waals surface area contributed by atoms with Gasteiger partial charge in [-0.2, -0.15) is 0 Å². The molecule has 0 saturated carbocycles. The number of amides is 2. The molecule has 0 unspecified atom stereocenters. The van der Waals surface area contributed by atoms with E-state index in [1.54, 1.807) is 25.1 Å². The molecule has 2 saturated heterocycles. The molecule has 5 N–H and O–H groups in total. The minimum absolute atomic E-state index is 0.0336. The third-order valence-electron chi connectivity index (χ3n) is 7.46. The van der Waals surface area contributed by atoms with Gasteiger partial charge in [0.15, 0.2) is 0 Å². The third kappa shape index (κ3) is 8.85. The summed E-state index contributed by atoms with van der Waals surface area (Å²) >= 11 is 0. The molecule has 222 valence electrons. The topological polar surface area (TPSA) is 141 Å². The Bertz CT molecular complexity index is 1140. The quantitative estimate of drug-likeness (QED) is 0.345. The van der Waals surface area contributed by atoms with Crippen LogP contribution in [0.15, 0.2) is 60.7 Å². The van der Waals surface area contributed by atoms with Crippen molar-refractivity contribution in [2.45, 2.75) is 69.4 Å². The molecule has 2 fully saturated rings. The fourth-order valence-electron chi connectivity index (χ4n) is 5.01. The van der Waals surface area contributed by atoms with Crippen LogP contribution in [0.4, 0.5) is 0 Å². The van der Waals surface area contributed by atoms with Gasteiger partial charge >= 0.3 is 0 Å². The van der Waals surface area contributed by atoms with Gasteiger partial charge in [-0.1, -0.05) is 42.5 Å². The van der Waals surface area contributed by atoms with Crippen molar-refractivity contribution in [3.8, 4) is 5.75 Å². The van der Waals surface area contributed by atoms with E-state index >= 15 is 0 Å². The second kappa shape index (κ2) is 15.1. The number of nitrogens with one attached hydrogen (secondary N) is 2. The lowest BCUT2D eigenvalue weighted by Crippen LogP contribution is -2.58. The molecule has 0 bridgehead atoms. The summed E-state index contributed by atoms with van der Waals surface area (Å²) in [6, 6.07) is 17.0. The van der Waals surface area contributed by atoms with Gasteiger partial charge in [-0.05, 0) is 55.5 Å². The first-order chi connectivity index (χ1) is 19.8. The summed E-state index contributed by atoms with van der Waals surface area (Å²) in [6.45, 7) is 3.78. The van der Waals surface area contributed by atoms with Crippen LogP contribution in [0.1, 0.15) is 49.8 Å². The van der Waals surface area contributed by atoms with E-state index < -0.39 is 30.7 Å². The van der Waals surface area contributed by atoms with Gasteiger partial charge in [-0.15, -0.1) is 0 Å². The third-order valence-corrected chi connectivity index (χ3v) is 7.46. The summed E-state index contributed by atoms with van der Waals surface area (Å²) in [5.74, 6) is 0.355. The average Bonchev–Trinajstić information content (AvgIpc) is 3.00. The highest BCUT2D eigenvalue weighted by Crippen LogP contribution is 2.26. The number of aliphatic hydroxyl groups excluding tert-OH is 3.